The van der Waals surface area contributed by atoms with Gasteiger partial charge in [-0.25, -0.2) is 4.39 Å². The number of halogens is 1. The quantitative estimate of drug-likeness (QED) is 0.446. The molecule has 0 aromatic heterocycles. The third-order valence-electron chi connectivity index (χ3n) is 8.19. The molecule has 3 aliphatic carbocycles. The highest BCUT2D eigenvalue weighted by atomic mass is 32.2. The van der Waals surface area contributed by atoms with Crippen LogP contribution in [0, 0.1) is 23.2 Å². The second-order valence-corrected chi connectivity index (χ2v) is 14.4. The van der Waals surface area contributed by atoms with Gasteiger partial charge < -0.3 is 10.2 Å². The lowest BCUT2D eigenvalue weighted by Gasteiger charge is -2.45. The molecule has 3 rings (SSSR count). The number of alkyl halides is 1. The number of rotatable bonds is 5. The van der Waals surface area contributed by atoms with Crippen LogP contribution in [0.2, 0.25) is 0 Å². The van der Waals surface area contributed by atoms with Gasteiger partial charge in [0.2, 0.25) is 0 Å². The number of hydrogen-bond donors (Lipinski definition) is 2. The first-order valence-corrected chi connectivity index (χ1v) is 13.4. The van der Waals surface area contributed by atoms with Crippen LogP contribution in [0.4, 0.5) is 4.39 Å². The molecule has 3 fully saturated rings. The van der Waals surface area contributed by atoms with Gasteiger partial charge in [0, 0.05) is 11.2 Å². The molecular weight excluding hydrogens is 419 g/mol. The van der Waals surface area contributed by atoms with Gasteiger partial charge in [-0.15, -0.1) is 11.8 Å². The van der Waals surface area contributed by atoms with Crippen molar-refractivity contribution in [2.24, 2.45) is 23.2 Å². The van der Waals surface area contributed by atoms with Gasteiger partial charge in [-0.3, -0.25) is 0 Å². The minimum Gasteiger partial charge on any atom is -0.393 e. The van der Waals surface area contributed by atoms with Gasteiger partial charge in [0.25, 0.3) is 0 Å². The zero-order valence-electron chi connectivity index (χ0n) is 21.1. The fraction of sp³-hybridized carbons (Fsp3) is 0.786. The second kappa shape index (κ2) is 9.58. The minimum absolute atomic E-state index is 0.0795. The molecule has 0 aliphatic heterocycles. The van der Waals surface area contributed by atoms with Crippen LogP contribution in [-0.2, 0) is 0 Å². The van der Waals surface area contributed by atoms with Crippen LogP contribution in [0.25, 0.3) is 0 Å². The Labute approximate surface area is 199 Å². The Morgan fingerprint density at radius 1 is 1.22 bits per heavy atom. The van der Waals surface area contributed by atoms with Crippen LogP contribution in [0.5, 0.6) is 0 Å². The van der Waals surface area contributed by atoms with Gasteiger partial charge >= 0.3 is 0 Å². The third kappa shape index (κ3) is 5.91. The fourth-order valence-electron chi connectivity index (χ4n) is 7.08. The average Bonchev–Trinajstić information content (AvgIpc) is 2.98. The lowest BCUT2D eigenvalue weighted by atomic mass is 9.60. The van der Waals surface area contributed by atoms with E-state index in [0.717, 1.165) is 17.6 Å². The van der Waals surface area contributed by atoms with Gasteiger partial charge in [-0.2, -0.15) is 0 Å². The summed E-state index contributed by atoms with van der Waals surface area (Å²) in [6.07, 6.45) is 10.7. The largest absolute Gasteiger partial charge is 0.393 e. The zero-order chi connectivity index (χ0) is 23.9. The molecule has 0 amide bonds. The van der Waals surface area contributed by atoms with Gasteiger partial charge in [0.15, 0.2) is 5.00 Å². The summed E-state index contributed by atoms with van der Waals surface area (Å²) in [6, 6.07) is 0. The van der Waals surface area contributed by atoms with E-state index in [1.54, 1.807) is 6.92 Å². The number of aliphatic hydroxyl groups is 2. The molecule has 3 aliphatic rings. The van der Waals surface area contributed by atoms with Crippen LogP contribution in [0.1, 0.15) is 92.9 Å². The van der Waals surface area contributed by atoms with E-state index in [0.29, 0.717) is 37.0 Å². The summed E-state index contributed by atoms with van der Waals surface area (Å²) in [5.74, 6) is 1.46. The predicted molar refractivity (Wildman–Crippen MR) is 135 cm³/mol. The molecule has 0 heterocycles. The van der Waals surface area contributed by atoms with E-state index in [1.165, 1.54) is 43.0 Å². The Kier molecular flexibility index (Phi) is 7.79. The van der Waals surface area contributed by atoms with Crippen molar-refractivity contribution in [3.8, 4) is 0 Å². The van der Waals surface area contributed by atoms with E-state index < -0.39 is 17.2 Å². The van der Waals surface area contributed by atoms with Gasteiger partial charge in [-0.05, 0) is 86.2 Å². The van der Waals surface area contributed by atoms with Crippen molar-refractivity contribution < 1.29 is 14.6 Å². The molecule has 2 nitrogen and oxygen atoms in total. The Bertz CT molecular complexity index is 762. The molecule has 1 unspecified atom stereocenters. The number of thioether (sulfide) groups is 1. The Balaban J connectivity index is 1.75. The van der Waals surface area contributed by atoms with E-state index >= 15 is 4.39 Å². The van der Waals surface area contributed by atoms with Crippen molar-refractivity contribution in [3.05, 3.63) is 35.5 Å². The highest BCUT2D eigenvalue weighted by Crippen LogP contribution is 2.60. The maximum Gasteiger partial charge on any atom is 0.154 e. The number of fused-ring (bicyclic) bond motifs is 1. The number of hydrogen-bond acceptors (Lipinski definition) is 3. The van der Waals surface area contributed by atoms with Crippen molar-refractivity contribution in [2.45, 2.75) is 115 Å². The molecular formula is C28H45FO2S. The van der Waals surface area contributed by atoms with Crippen LogP contribution in [-0.4, -0.2) is 32.2 Å². The summed E-state index contributed by atoms with van der Waals surface area (Å²) in [6.45, 7) is 16.8. The van der Waals surface area contributed by atoms with Crippen molar-refractivity contribution >= 4 is 11.8 Å². The maximum atomic E-state index is 15.4. The molecule has 0 spiro atoms. The highest BCUT2D eigenvalue weighted by molar-refractivity contribution is 8.01. The third-order valence-corrected chi connectivity index (χ3v) is 9.40. The average molecular weight is 465 g/mol. The van der Waals surface area contributed by atoms with E-state index in [4.69, 9.17) is 0 Å². The number of allylic oxidation sites excluding steroid dienone is 3. The van der Waals surface area contributed by atoms with E-state index in [1.807, 2.05) is 0 Å². The van der Waals surface area contributed by atoms with Crippen molar-refractivity contribution in [1.82, 2.24) is 0 Å². The van der Waals surface area contributed by atoms with Gasteiger partial charge in [0.05, 0.1) is 12.2 Å². The van der Waals surface area contributed by atoms with Gasteiger partial charge in [-0.1, -0.05) is 58.9 Å². The minimum atomic E-state index is -1.20. The van der Waals surface area contributed by atoms with Crippen LogP contribution >= 0.6 is 11.8 Å². The lowest BCUT2D eigenvalue weighted by Crippen LogP contribution is -2.37. The SMILES string of the molecule is C=C1/C(=C\C=C2/CCC[C@]3(C)[C@@H]([C@H](C)CC(C)(F)SC(C)(C)C)CC[C@@H]23)C[C@H](O)C[C@H]1O. The molecule has 7 atom stereocenters. The first kappa shape index (κ1) is 26.0. The van der Waals surface area contributed by atoms with Crippen molar-refractivity contribution in [3.63, 3.8) is 0 Å². The van der Waals surface area contributed by atoms with Crippen molar-refractivity contribution in [2.75, 3.05) is 0 Å². The Morgan fingerprint density at radius 3 is 2.56 bits per heavy atom. The maximum absolute atomic E-state index is 15.4. The topological polar surface area (TPSA) is 40.5 Å². The van der Waals surface area contributed by atoms with E-state index in [-0.39, 0.29) is 10.2 Å². The predicted octanol–water partition coefficient (Wildman–Crippen LogP) is 7.37. The molecule has 0 radical (unpaired) electrons. The zero-order valence-corrected chi connectivity index (χ0v) is 21.9. The van der Waals surface area contributed by atoms with E-state index in [9.17, 15) is 10.2 Å². The highest BCUT2D eigenvalue weighted by Gasteiger charge is 2.51. The van der Waals surface area contributed by atoms with Crippen LogP contribution in [0.15, 0.2) is 35.5 Å². The lowest BCUT2D eigenvalue weighted by molar-refractivity contribution is 0.0798. The smallest absolute Gasteiger partial charge is 0.154 e. The first-order valence-electron chi connectivity index (χ1n) is 12.6. The second-order valence-electron chi connectivity index (χ2n) is 12.2. The summed E-state index contributed by atoms with van der Waals surface area (Å²) in [4.78, 5) is 0. The summed E-state index contributed by atoms with van der Waals surface area (Å²) >= 11 is 1.46. The molecule has 2 N–H and O–H groups in total. The van der Waals surface area contributed by atoms with Crippen LogP contribution < -0.4 is 0 Å². The molecule has 0 saturated heterocycles. The standard InChI is InChI=1S/C28H45FO2S/c1-18(17-28(7,29)32-26(3,4)5)23-12-13-24-20(9-8-14-27(23,24)6)10-11-21-15-22(30)16-25(31)19(21)2/h10-11,18,22-25,30-31H,2,8-9,12-17H2,1,3-7H3/b20-10+,21-11-/t18-,22+,23-,24+,25-,27-,28?/m1/s1. The molecule has 3 saturated carbocycles. The summed E-state index contributed by atoms with van der Waals surface area (Å²) in [5.41, 5.74) is 3.46. The molecule has 182 valence electrons. The molecule has 0 bridgehead atoms. The normalized spacial score (nSPS) is 39.2. The summed E-state index contributed by atoms with van der Waals surface area (Å²) in [7, 11) is 0. The van der Waals surface area contributed by atoms with Crippen LogP contribution in [0.3, 0.4) is 0 Å². The first-order chi connectivity index (χ1) is 14.7. The van der Waals surface area contributed by atoms with Crippen molar-refractivity contribution in [1.29, 1.82) is 0 Å². The molecule has 0 aromatic rings. The Hall–Kier alpha value is -0.580. The van der Waals surface area contributed by atoms with E-state index in [2.05, 4.69) is 53.3 Å². The molecule has 32 heavy (non-hydrogen) atoms. The number of aliphatic hydroxyl groups excluding tert-OH is 2. The van der Waals surface area contributed by atoms with Gasteiger partial charge in [0.1, 0.15) is 0 Å². The summed E-state index contributed by atoms with van der Waals surface area (Å²) < 4.78 is 15.4. The summed E-state index contributed by atoms with van der Waals surface area (Å²) in [5, 5.41) is 19.0. The fourth-order valence-corrected chi connectivity index (χ4v) is 8.70. The Morgan fingerprint density at radius 2 is 1.91 bits per heavy atom. The molecule has 0 aromatic carbocycles. The monoisotopic (exact) mass is 464 g/mol. The molecule has 4 heteroatoms.